The highest BCUT2D eigenvalue weighted by atomic mass is 19.4. The first-order valence-corrected chi connectivity index (χ1v) is 4.31. The van der Waals surface area contributed by atoms with Crippen molar-refractivity contribution < 1.29 is 23.0 Å². The largest absolute Gasteiger partial charge is 0.448 e. The van der Waals surface area contributed by atoms with Gasteiger partial charge in [0, 0.05) is 18.7 Å². The molecule has 0 bridgehead atoms. The quantitative estimate of drug-likeness (QED) is 0.795. The van der Waals surface area contributed by atoms with E-state index in [1.54, 1.807) is 6.92 Å². The van der Waals surface area contributed by atoms with Crippen LogP contribution in [-0.2, 0) is 6.18 Å². The summed E-state index contributed by atoms with van der Waals surface area (Å²) in [5.41, 5.74) is -0.846. The average molecular weight is 221 g/mol. The fourth-order valence-corrected chi connectivity index (χ4v) is 0.840. The molecule has 15 heavy (non-hydrogen) atoms. The van der Waals surface area contributed by atoms with Crippen LogP contribution in [0.15, 0.2) is 18.3 Å². The van der Waals surface area contributed by atoms with E-state index in [2.05, 4.69) is 4.98 Å². The molecular weight excluding hydrogens is 211 g/mol. The number of nitrogens with zero attached hydrogens (tertiary/aromatic N) is 1. The molecule has 0 aliphatic rings. The van der Waals surface area contributed by atoms with Crippen molar-refractivity contribution in [3.8, 4) is 5.88 Å². The number of aromatic nitrogens is 1. The number of ether oxygens (including phenoxy) is 1. The topological polar surface area (TPSA) is 42.4 Å². The molecule has 0 radical (unpaired) electrons. The molecule has 1 heterocycles. The maximum atomic E-state index is 12.1. The monoisotopic (exact) mass is 221 g/mol. The molecule has 0 fully saturated rings. The van der Waals surface area contributed by atoms with E-state index in [0.29, 0.717) is 12.6 Å². The first kappa shape index (κ1) is 11.8. The summed E-state index contributed by atoms with van der Waals surface area (Å²) in [4.78, 5) is 3.43. The molecule has 1 rings (SSSR count). The third-order valence-corrected chi connectivity index (χ3v) is 1.67. The van der Waals surface area contributed by atoms with E-state index in [4.69, 9.17) is 9.84 Å². The molecular formula is C9H10F3NO2. The van der Waals surface area contributed by atoms with Crippen molar-refractivity contribution in [3.05, 3.63) is 23.9 Å². The Morgan fingerprint density at radius 2 is 2.13 bits per heavy atom. The van der Waals surface area contributed by atoms with E-state index in [1.165, 1.54) is 0 Å². The molecule has 84 valence electrons. The lowest BCUT2D eigenvalue weighted by Gasteiger charge is -2.11. The summed E-state index contributed by atoms with van der Waals surface area (Å²) in [5, 5.41) is 9.06. The van der Waals surface area contributed by atoms with Crippen molar-refractivity contribution in [3.63, 3.8) is 0 Å². The summed E-state index contributed by atoms with van der Waals surface area (Å²) >= 11 is 0. The highest BCUT2D eigenvalue weighted by Crippen LogP contribution is 2.29. The van der Waals surface area contributed by atoms with E-state index in [1.807, 2.05) is 0 Å². The van der Waals surface area contributed by atoms with Crippen molar-refractivity contribution >= 4 is 0 Å². The van der Waals surface area contributed by atoms with Crippen molar-refractivity contribution in [2.45, 2.75) is 25.8 Å². The van der Waals surface area contributed by atoms with E-state index < -0.39 is 18.0 Å². The van der Waals surface area contributed by atoms with Crippen LogP contribution in [0, 0.1) is 0 Å². The van der Waals surface area contributed by atoms with E-state index >= 15 is 0 Å². The van der Waals surface area contributed by atoms with Gasteiger partial charge in [0.2, 0.25) is 5.88 Å². The molecule has 0 amide bonds. The highest BCUT2D eigenvalue weighted by Gasteiger charge is 2.30. The van der Waals surface area contributed by atoms with Crippen LogP contribution in [0.4, 0.5) is 13.2 Å². The molecule has 1 atom stereocenters. The molecule has 1 aromatic heterocycles. The van der Waals surface area contributed by atoms with Gasteiger partial charge in [0.25, 0.3) is 0 Å². The predicted octanol–water partition coefficient (Wildman–Crippen LogP) is 2.21. The van der Waals surface area contributed by atoms with Gasteiger partial charge < -0.3 is 9.84 Å². The first-order chi connectivity index (χ1) is 6.93. The summed E-state index contributed by atoms with van der Waals surface area (Å²) in [7, 11) is 0. The number of hydrogen-bond donors (Lipinski definition) is 1. The van der Waals surface area contributed by atoms with Gasteiger partial charge in [-0.3, -0.25) is 0 Å². The fourth-order valence-electron chi connectivity index (χ4n) is 0.840. The van der Waals surface area contributed by atoms with Crippen molar-refractivity contribution in [1.82, 2.24) is 4.98 Å². The van der Waals surface area contributed by atoms with Crippen molar-refractivity contribution in [1.29, 1.82) is 0 Å². The number of aliphatic hydroxyl groups is 1. The predicted molar refractivity (Wildman–Crippen MR) is 46.2 cm³/mol. The first-order valence-electron chi connectivity index (χ1n) is 4.31. The zero-order chi connectivity index (χ0) is 11.5. The van der Waals surface area contributed by atoms with Crippen LogP contribution in [0.5, 0.6) is 5.88 Å². The lowest BCUT2D eigenvalue weighted by Crippen LogP contribution is -2.14. The van der Waals surface area contributed by atoms with Crippen LogP contribution >= 0.6 is 0 Å². The minimum Gasteiger partial charge on any atom is -0.448 e. The zero-order valence-electron chi connectivity index (χ0n) is 7.95. The molecule has 0 aliphatic carbocycles. The zero-order valence-corrected chi connectivity index (χ0v) is 7.95. The Labute approximate surface area is 84.5 Å². The summed E-state index contributed by atoms with van der Waals surface area (Å²) in [6.45, 7) is 1.68. The minimum absolute atomic E-state index is 0.0302. The Balaban J connectivity index is 2.73. The highest BCUT2D eigenvalue weighted by molar-refractivity contribution is 5.20. The number of rotatable bonds is 3. The smallest absolute Gasteiger partial charge is 0.417 e. The Bertz CT molecular complexity index is 310. The summed E-state index contributed by atoms with van der Waals surface area (Å²) in [5.74, 6) is -0.0302. The van der Waals surface area contributed by atoms with Gasteiger partial charge in [-0.25, -0.2) is 4.98 Å². The van der Waals surface area contributed by atoms with Gasteiger partial charge in [0.05, 0.1) is 5.56 Å². The third-order valence-electron chi connectivity index (χ3n) is 1.67. The van der Waals surface area contributed by atoms with E-state index in [-0.39, 0.29) is 5.88 Å². The van der Waals surface area contributed by atoms with Gasteiger partial charge in [0.1, 0.15) is 0 Å². The minimum atomic E-state index is -4.41. The summed E-state index contributed by atoms with van der Waals surface area (Å²) in [6, 6.07) is 1.92. The van der Waals surface area contributed by atoms with Gasteiger partial charge in [0.15, 0.2) is 6.29 Å². The SMILES string of the molecule is CCC(O)Oc1ccc(C(F)(F)F)cn1. The second-order valence-corrected chi connectivity index (χ2v) is 2.86. The summed E-state index contributed by atoms with van der Waals surface area (Å²) < 4.78 is 41.2. The lowest BCUT2D eigenvalue weighted by molar-refractivity contribution is -0.137. The molecule has 1 N–H and O–H groups in total. The number of hydrogen-bond acceptors (Lipinski definition) is 3. The number of halogens is 3. The Kier molecular flexibility index (Phi) is 3.52. The van der Waals surface area contributed by atoms with Gasteiger partial charge in [-0.15, -0.1) is 0 Å². The standard InChI is InChI=1S/C9H10F3NO2/c1-2-8(14)15-7-4-3-6(5-13-7)9(10,11)12/h3-5,8,14H,2H2,1H3. The molecule has 6 heteroatoms. The lowest BCUT2D eigenvalue weighted by atomic mass is 10.3. The van der Waals surface area contributed by atoms with Crippen LogP contribution in [0.1, 0.15) is 18.9 Å². The molecule has 0 saturated heterocycles. The van der Waals surface area contributed by atoms with E-state index in [9.17, 15) is 13.2 Å². The summed E-state index contributed by atoms with van der Waals surface area (Å²) in [6.07, 6.45) is -4.45. The molecule has 3 nitrogen and oxygen atoms in total. The Morgan fingerprint density at radius 1 is 1.47 bits per heavy atom. The van der Waals surface area contributed by atoms with Gasteiger partial charge in [-0.2, -0.15) is 13.2 Å². The van der Waals surface area contributed by atoms with Gasteiger partial charge >= 0.3 is 6.18 Å². The Hall–Kier alpha value is -1.30. The third kappa shape index (κ3) is 3.39. The molecule has 0 aliphatic heterocycles. The van der Waals surface area contributed by atoms with Crippen LogP contribution < -0.4 is 4.74 Å². The maximum Gasteiger partial charge on any atom is 0.417 e. The molecule has 1 aromatic rings. The molecule has 1 unspecified atom stereocenters. The molecule has 0 spiro atoms. The van der Waals surface area contributed by atoms with Crippen molar-refractivity contribution in [2.75, 3.05) is 0 Å². The average Bonchev–Trinajstić information content (AvgIpc) is 2.17. The van der Waals surface area contributed by atoms with Crippen molar-refractivity contribution in [2.24, 2.45) is 0 Å². The van der Waals surface area contributed by atoms with Crippen LogP contribution in [0.25, 0.3) is 0 Å². The molecule has 0 saturated carbocycles. The van der Waals surface area contributed by atoms with Crippen LogP contribution in [0.3, 0.4) is 0 Å². The van der Waals surface area contributed by atoms with Gasteiger partial charge in [-0.05, 0) is 6.07 Å². The number of alkyl halides is 3. The molecule has 0 aromatic carbocycles. The maximum absolute atomic E-state index is 12.1. The second-order valence-electron chi connectivity index (χ2n) is 2.86. The van der Waals surface area contributed by atoms with Crippen LogP contribution in [-0.4, -0.2) is 16.4 Å². The Morgan fingerprint density at radius 3 is 2.53 bits per heavy atom. The second kappa shape index (κ2) is 4.48. The number of pyridine rings is 1. The van der Waals surface area contributed by atoms with Gasteiger partial charge in [-0.1, -0.05) is 6.92 Å². The van der Waals surface area contributed by atoms with E-state index in [0.717, 1.165) is 12.1 Å². The normalized spacial score (nSPS) is 13.7. The fraction of sp³-hybridized carbons (Fsp3) is 0.444. The number of aliphatic hydroxyl groups excluding tert-OH is 1. The van der Waals surface area contributed by atoms with Crippen LogP contribution in [0.2, 0.25) is 0 Å².